The molecule has 21 heavy (non-hydrogen) atoms. The van der Waals surface area contributed by atoms with Gasteiger partial charge >= 0.3 is 0 Å². The maximum Gasteiger partial charge on any atom is 0.119 e. The molecule has 0 amide bonds. The molecule has 0 bridgehead atoms. The summed E-state index contributed by atoms with van der Waals surface area (Å²) in [4.78, 5) is 4.74. The van der Waals surface area contributed by atoms with Crippen LogP contribution in [0.15, 0.2) is 22.7 Å². The molecule has 0 saturated carbocycles. The van der Waals surface area contributed by atoms with Gasteiger partial charge in [0.05, 0.1) is 7.11 Å². The highest BCUT2D eigenvalue weighted by Crippen LogP contribution is 2.25. The van der Waals surface area contributed by atoms with Crippen LogP contribution in [0.3, 0.4) is 0 Å². The number of hydrogen-bond donors (Lipinski definition) is 2. The fourth-order valence-corrected chi connectivity index (χ4v) is 3.26. The van der Waals surface area contributed by atoms with Crippen LogP contribution >= 0.6 is 15.9 Å². The summed E-state index contributed by atoms with van der Waals surface area (Å²) in [6, 6.07) is 6.64. The van der Waals surface area contributed by atoms with Gasteiger partial charge in [-0.2, -0.15) is 0 Å². The summed E-state index contributed by atoms with van der Waals surface area (Å²) >= 11 is 3.62. The Bertz CT molecular complexity index is 471. The average Bonchev–Trinajstić information content (AvgIpc) is 2.49. The quantitative estimate of drug-likeness (QED) is 0.610. The summed E-state index contributed by atoms with van der Waals surface area (Å²) in [5, 5.41) is 0. The summed E-state index contributed by atoms with van der Waals surface area (Å²) in [7, 11) is 6.02. The lowest BCUT2D eigenvalue weighted by atomic mass is 9.97. The number of hydrazine groups is 1. The summed E-state index contributed by atoms with van der Waals surface area (Å²) in [6.07, 6.45) is 0.858. The number of nitrogens with one attached hydrogen (secondary N) is 1. The van der Waals surface area contributed by atoms with Crippen LogP contribution in [-0.4, -0.2) is 62.7 Å². The van der Waals surface area contributed by atoms with Crippen LogP contribution in [0.4, 0.5) is 0 Å². The van der Waals surface area contributed by atoms with Gasteiger partial charge in [0.1, 0.15) is 5.75 Å². The molecule has 5 nitrogen and oxygen atoms in total. The van der Waals surface area contributed by atoms with Gasteiger partial charge in [0.25, 0.3) is 0 Å². The van der Waals surface area contributed by atoms with Crippen molar-refractivity contribution in [3.05, 3.63) is 28.2 Å². The van der Waals surface area contributed by atoms with Gasteiger partial charge in [0.15, 0.2) is 0 Å². The Morgan fingerprint density at radius 3 is 2.86 bits per heavy atom. The number of ether oxygens (including phenoxy) is 1. The second-order valence-electron chi connectivity index (χ2n) is 5.74. The first kappa shape index (κ1) is 16.7. The number of piperazine rings is 1. The van der Waals surface area contributed by atoms with Gasteiger partial charge < -0.3 is 9.64 Å². The van der Waals surface area contributed by atoms with E-state index in [0.717, 1.165) is 36.3 Å². The number of halogens is 1. The molecule has 1 fully saturated rings. The second-order valence-corrected chi connectivity index (χ2v) is 6.60. The molecule has 3 N–H and O–H groups in total. The zero-order valence-electron chi connectivity index (χ0n) is 13.0. The molecule has 1 aliphatic heterocycles. The summed E-state index contributed by atoms with van der Waals surface area (Å²) < 4.78 is 6.41. The number of nitrogens with two attached hydrogens (primary N) is 1. The molecule has 0 radical (unpaired) electrons. The minimum absolute atomic E-state index is 0.196. The van der Waals surface area contributed by atoms with E-state index in [1.807, 2.05) is 12.1 Å². The first-order valence-corrected chi connectivity index (χ1v) is 8.01. The highest BCUT2D eigenvalue weighted by atomic mass is 79.9. The standard InChI is InChI=1S/C15H25BrN4O/c1-19-6-7-20(2)15(10-19)14(18-17)9-11-8-12(21-3)4-5-13(11)16/h4-5,8,14-15,18H,6-7,9-10,17H2,1-3H3. The molecule has 1 aliphatic rings. The number of benzene rings is 1. The molecule has 1 heterocycles. The molecule has 1 aromatic rings. The van der Waals surface area contributed by atoms with Gasteiger partial charge in [0.2, 0.25) is 0 Å². The first-order chi connectivity index (χ1) is 10.0. The molecule has 1 aromatic carbocycles. The largest absolute Gasteiger partial charge is 0.497 e. The fourth-order valence-electron chi connectivity index (χ4n) is 2.86. The zero-order valence-corrected chi connectivity index (χ0v) is 14.6. The van der Waals surface area contributed by atoms with E-state index in [9.17, 15) is 0 Å². The van der Waals surface area contributed by atoms with Gasteiger partial charge in [-0.05, 0) is 44.3 Å². The van der Waals surface area contributed by atoms with Crippen molar-refractivity contribution < 1.29 is 4.74 Å². The van der Waals surface area contributed by atoms with Crippen molar-refractivity contribution >= 4 is 15.9 Å². The third kappa shape index (κ3) is 4.17. The van der Waals surface area contributed by atoms with E-state index in [0.29, 0.717) is 6.04 Å². The minimum Gasteiger partial charge on any atom is -0.497 e. The molecule has 2 atom stereocenters. The summed E-state index contributed by atoms with van der Waals surface area (Å²) in [5.41, 5.74) is 4.21. The maximum atomic E-state index is 5.84. The van der Waals surface area contributed by atoms with Gasteiger partial charge in [0, 0.05) is 36.2 Å². The highest BCUT2D eigenvalue weighted by molar-refractivity contribution is 9.10. The van der Waals surface area contributed by atoms with E-state index in [-0.39, 0.29) is 6.04 Å². The molecule has 0 aliphatic carbocycles. The molecule has 2 rings (SSSR count). The smallest absolute Gasteiger partial charge is 0.119 e. The highest BCUT2D eigenvalue weighted by Gasteiger charge is 2.29. The van der Waals surface area contributed by atoms with Crippen molar-refractivity contribution in [2.24, 2.45) is 5.84 Å². The summed E-state index contributed by atoms with van der Waals surface area (Å²) in [6.45, 7) is 3.19. The van der Waals surface area contributed by atoms with Crippen LogP contribution < -0.4 is 16.0 Å². The average molecular weight is 357 g/mol. The Balaban J connectivity index is 2.14. The van der Waals surface area contributed by atoms with E-state index in [1.165, 1.54) is 5.56 Å². The number of rotatable bonds is 5. The Kier molecular flexibility index (Phi) is 6.01. The van der Waals surface area contributed by atoms with E-state index in [2.05, 4.69) is 51.3 Å². The van der Waals surface area contributed by atoms with Gasteiger partial charge in [-0.3, -0.25) is 16.2 Å². The lowest BCUT2D eigenvalue weighted by Gasteiger charge is -2.41. The molecule has 6 heteroatoms. The van der Waals surface area contributed by atoms with Gasteiger partial charge in [-0.25, -0.2) is 0 Å². The van der Waals surface area contributed by atoms with Gasteiger partial charge in [-0.15, -0.1) is 0 Å². The molecular weight excluding hydrogens is 332 g/mol. The van der Waals surface area contributed by atoms with E-state index in [4.69, 9.17) is 10.6 Å². The number of hydrogen-bond acceptors (Lipinski definition) is 5. The SMILES string of the molecule is COc1ccc(Br)c(CC(NN)C2CN(C)CCN2C)c1. The van der Waals surface area contributed by atoms with Crippen molar-refractivity contribution in [1.29, 1.82) is 0 Å². The summed E-state index contributed by atoms with van der Waals surface area (Å²) in [5.74, 6) is 6.71. The first-order valence-electron chi connectivity index (χ1n) is 7.22. The van der Waals surface area contributed by atoms with Crippen LogP contribution in [0.1, 0.15) is 5.56 Å². The van der Waals surface area contributed by atoms with E-state index < -0.39 is 0 Å². The number of methoxy groups -OCH3 is 1. The van der Waals surface area contributed by atoms with E-state index in [1.54, 1.807) is 7.11 Å². The van der Waals surface area contributed by atoms with Gasteiger partial charge in [-0.1, -0.05) is 15.9 Å². The fraction of sp³-hybridized carbons (Fsp3) is 0.600. The van der Waals surface area contributed by atoms with Crippen LogP contribution in [0.5, 0.6) is 5.75 Å². The van der Waals surface area contributed by atoms with Crippen LogP contribution in [0.2, 0.25) is 0 Å². The Morgan fingerprint density at radius 2 is 2.19 bits per heavy atom. The minimum atomic E-state index is 0.196. The maximum absolute atomic E-state index is 5.84. The normalized spacial score (nSPS) is 22.2. The molecule has 0 aromatic heterocycles. The van der Waals surface area contributed by atoms with Crippen LogP contribution in [0, 0.1) is 0 Å². The topological polar surface area (TPSA) is 53.8 Å². The molecule has 1 saturated heterocycles. The lowest BCUT2D eigenvalue weighted by Crippen LogP contribution is -2.60. The van der Waals surface area contributed by atoms with Crippen molar-refractivity contribution in [3.8, 4) is 5.75 Å². The Hall–Kier alpha value is -0.660. The third-order valence-electron chi connectivity index (χ3n) is 4.27. The second kappa shape index (κ2) is 7.56. The number of nitrogens with zero attached hydrogens (tertiary/aromatic N) is 2. The molecule has 2 unspecified atom stereocenters. The van der Waals surface area contributed by atoms with Crippen molar-refractivity contribution in [2.75, 3.05) is 40.8 Å². The Labute approximate surface area is 135 Å². The van der Waals surface area contributed by atoms with Crippen molar-refractivity contribution in [2.45, 2.75) is 18.5 Å². The molecule has 0 spiro atoms. The predicted octanol–water partition coefficient (Wildman–Crippen LogP) is 1.08. The molecule has 118 valence electrons. The van der Waals surface area contributed by atoms with Crippen molar-refractivity contribution in [3.63, 3.8) is 0 Å². The molecular formula is C15H25BrN4O. The zero-order chi connectivity index (χ0) is 15.4. The lowest BCUT2D eigenvalue weighted by molar-refractivity contribution is 0.0876. The Morgan fingerprint density at radius 1 is 1.43 bits per heavy atom. The third-order valence-corrected chi connectivity index (χ3v) is 5.04. The predicted molar refractivity (Wildman–Crippen MR) is 89.4 cm³/mol. The number of likely N-dealkylation sites (N-methyl/N-ethyl adjacent to an activating group) is 2. The van der Waals surface area contributed by atoms with Crippen LogP contribution in [-0.2, 0) is 6.42 Å². The van der Waals surface area contributed by atoms with Crippen molar-refractivity contribution in [1.82, 2.24) is 15.2 Å². The monoisotopic (exact) mass is 356 g/mol. The van der Waals surface area contributed by atoms with Crippen LogP contribution in [0.25, 0.3) is 0 Å². The van der Waals surface area contributed by atoms with E-state index >= 15 is 0 Å².